The first-order valence-corrected chi connectivity index (χ1v) is 6.71. The quantitative estimate of drug-likeness (QED) is 0.407. The molecule has 0 amide bonds. The van der Waals surface area contributed by atoms with Crippen LogP contribution in [-0.4, -0.2) is 71.1 Å². The first-order valence-electron chi connectivity index (χ1n) is 4.62. The summed E-state index contributed by atoms with van der Waals surface area (Å²) in [6, 6.07) is 0. The molecule has 0 spiro atoms. The SMILES string of the molecule is CC(O)C(=O)O.CN(C)CCC[NH][GeH3]. The van der Waals surface area contributed by atoms with Crippen LogP contribution in [0.5, 0.6) is 0 Å². The van der Waals surface area contributed by atoms with Gasteiger partial charge < -0.3 is 10.2 Å². The molecule has 0 bridgehead atoms. The van der Waals surface area contributed by atoms with Crippen molar-refractivity contribution in [1.82, 2.24) is 9.17 Å². The van der Waals surface area contributed by atoms with Gasteiger partial charge in [-0.3, -0.25) is 0 Å². The molecule has 1 atom stereocenters. The van der Waals surface area contributed by atoms with Gasteiger partial charge in [0.1, 0.15) is 6.10 Å². The number of carboxylic acid groups (broad SMARTS) is 1. The molecule has 0 aromatic rings. The predicted octanol–water partition coefficient (Wildman–Crippen LogP) is -1.74. The number of aliphatic carboxylic acids is 1. The Hall–Kier alpha value is -0.107. The Bertz CT molecular complexity index is 143. The van der Waals surface area contributed by atoms with Gasteiger partial charge in [0.25, 0.3) is 0 Å². The minimum absolute atomic E-state index is 0.833. The van der Waals surface area contributed by atoms with E-state index in [9.17, 15) is 4.79 Å². The van der Waals surface area contributed by atoms with Crippen molar-refractivity contribution in [3.05, 3.63) is 0 Å². The molecule has 0 aromatic heterocycles. The zero-order chi connectivity index (χ0) is 11.6. The van der Waals surface area contributed by atoms with Gasteiger partial charge in [-0.1, -0.05) is 0 Å². The van der Waals surface area contributed by atoms with Crippen LogP contribution in [0, 0.1) is 0 Å². The van der Waals surface area contributed by atoms with Crippen molar-refractivity contribution >= 4 is 22.7 Å². The Morgan fingerprint density at radius 3 is 2.21 bits per heavy atom. The van der Waals surface area contributed by atoms with Crippen LogP contribution in [0.2, 0.25) is 0 Å². The summed E-state index contributed by atoms with van der Waals surface area (Å²) in [5, 5.41) is 15.8. The molecule has 0 aromatic carbocycles. The number of carbonyl (C=O) groups is 1. The molecule has 0 saturated heterocycles. The first-order chi connectivity index (χ1) is 6.41. The van der Waals surface area contributed by atoms with Crippen LogP contribution >= 0.6 is 0 Å². The van der Waals surface area contributed by atoms with Crippen molar-refractivity contribution in [1.29, 1.82) is 0 Å². The maximum absolute atomic E-state index is 9.45. The molecule has 0 aliphatic rings. The van der Waals surface area contributed by atoms with E-state index < -0.39 is 12.1 Å². The van der Waals surface area contributed by atoms with Gasteiger partial charge in [0, 0.05) is 0 Å². The molecule has 0 saturated carbocycles. The number of rotatable bonds is 5. The monoisotopic (exact) mass is 268 g/mol. The van der Waals surface area contributed by atoms with E-state index in [1.807, 2.05) is 0 Å². The molecule has 0 aliphatic carbocycles. The molecule has 6 heteroatoms. The van der Waals surface area contributed by atoms with Crippen LogP contribution in [-0.2, 0) is 4.79 Å². The summed E-state index contributed by atoms with van der Waals surface area (Å²) in [6.07, 6.45) is 0.0550. The fraction of sp³-hybridized carbons (Fsp3) is 0.875. The summed E-state index contributed by atoms with van der Waals surface area (Å²) in [6.45, 7) is 3.61. The average Bonchev–Trinajstić information content (AvgIpc) is 2.05. The Kier molecular flexibility index (Phi) is 12.8. The molecule has 0 radical (unpaired) electrons. The maximum atomic E-state index is 9.45. The number of aliphatic hydroxyl groups excluding tert-OH is 1. The number of nitrogens with one attached hydrogen (secondary N) is 1. The predicted molar refractivity (Wildman–Crippen MR) is 60.4 cm³/mol. The molecule has 14 heavy (non-hydrogen) atoms. The third-order valence-electron chi connectivity index (χ3n) is 1.39. The minimum atomic E-state index is -1.23. The van der Waals surface area contributed by atoms with E-state index in [1.54, 1.807) is 0 Å². The fourth-order valence-corrected chi connectivity index (χ4v) is 1.31. The van der Waals surface area contributed by atoms with Crippen LogP contribution in [0.15, 0.2) is 0 Å². The van der Waals surface area contributed by atoms with Crippen molar-refractivity contribution in [2.75, 3.05) is 27.2 Å². The second-order valence-electron chi connectivity index (χ2n) is 3.27. The normalized spacial score (nSPS) is 12.1. The van der Waals surface area contributed by atoms with E-state index in [0.717, 1.165) is 16.7 Å². The van der Waals surface area contributed by atoms with Gasteiger partial charge in [-0.2, -0.15) is 0 Å². The van der Waals surface area contributed by atoms with E-state index in [1.165, 1.54) is 26.4 Å². The van der Waals surface area contributed by atoms with E-state index >= 15 is 0 Å². The van der Waals surface area contributed by atoms with Crippen LogP contribution in [0.25, 0.3) is 0 Å². The molecule has 5 nitrogen and oxygen atoms in total. The summed E-state index contributed by atoms with van der Waals surface area (Å²) in [5.74, 6) is -1.19. The van der Waals surface area contributed by atoms with Crippen molar-refractivity contribution in [3.8, 4) is 0 Å². The number of hydrogen-bond donors (Lipinski definition) is 3. The fourth-order valence-electron chi connectivity index (χ4n) is 0.572. The molecular weight excluding hydrogens is 245 g/mol. The molecule has 0 fully saturated rings. The second-order valence-corrected chi connectivity index (χ2v) is 4.76. The van der Waals surface area contributed by atoms with Crippen molar-refractivity contribution in [3.63, 3.8) is 0 Å². The number of carboxylic acids is 1. The van der Waals surface area contributed by atoms with Crippen LogP contribution in [0.3, 0.4) is 0 Å². The second kappa shape index (κ2) is 11.0. The van der Waals surface area contributed by atoms with Gasteiger partial charge in [0.05, 0.1) is 0 Å². The molecule has 0 aliphatic heterocycles. The van der Waals surface area contributed by atoms with E-state index in [-0.39, 0.29) is 0 Å². The van der Waals surface area contributed by atoms with Crippen molar-refractivity contribution in [2.45, 2.75) is 19.4 Å². The van der Waals surface area contributed by atoms with E-state index in [4.69, 9.17) is 10.2 Å². The Morgan fingerprint density at radius 2 is 2.00 bits per heavy atom. The van der Waals surface area contributed by atoms with Gasteiger partial charge in [-0.05, 0) is 6.92 Å². The van der Waals surface area contributed by atoms with Gasteiger partial charge in [0.2, 0.25) is 0 Å². The van der Waals surface area contributed by atoms with Crippen LogP contribution in [0.4, 0.5) is 0 Å². The van der Waals surface area contributed by atoms with Crippen LogP contribution in [0.1, 0.15) is 13.3 Å². The third-order valence-corrected chi connectivity index (χ3v) is 2.44. The molecule has 1 unspecified atom stereocenters. The van der Waals surface area contributed by atoms with Crippen molar-refractivity contribution in [2.24, 2.45) is 0 Å². The first kappa shape index (κ1) is 16.3. The zero-order valence-corrected chi connectivity index (χ0v) is 13.6. The summed E-state index contributed by atoms with van der Waals surface area (Å²) < 4.78 is 3.28. The standard InChI is InChI=1S/C5H16GeN2.C3H6O3/c1-8(2)5-3-4-7-6;1-2(4)3(5)6/h7H,3-5H2,1-2,6H3;2,4H,1H3,(H,5,6). The van der Waals surface area contributed by atoms with Gasteiger partial charge in [-0.25, -0.2) is 4.79 Å². The zero-order valence-electron chi connectivity index (χ0n) is 9.45. The topological polar surface area (TPSA) is 72.8 Å². The van der Waals surface area contributed by atoms with E-state index in [2.05, 4.69) is 23.3 Å². The van der Waals surface area contributed by atoms with Gasteiger partial charge in [-0.15, -0.1) is 0 Å². The summed E-state index contributed by atoms with van der Waals surface area (Å²) in [4.78, 5) is 11.7. The summed E-state index contributed by atoms with van der Waals surface area (Å²) in [5.41, 5.74) is 0. The molecule has 0 heterocycles. The number of aliphatic hydroxyl groups is 1. The third kappa shape index (κ3) is 17.8. The Labute approximate surface area is 93.9 Å². The van der Waals surface area contributed by atoms with Crippen LogP contribution < -0.4 is 4.27 Å². The molecule has 0 rings (SSSR count). The average molecular weight is 267 g/mol. The Balaban J connectivity index is 0. The summed E-state index contributed by atoms with van der Waals surface area (Å²) in [7, 11) is 4.22. The Morgan fingerprint density at radius 1 is 1.57 bits per heavy atom. The van der Waals surface area contributed by atoms with Gasteiger partial charge >= 0.3 is 65.5 Å². The van der Waals surface area contributed by atoms with Gasteiger partial charge in [0.15, 0.2) is 0 Å². The van der Waals surface area contributed by atoms with Crippen molar-refractivity contribution < 1.29 is 15.0 Å². The molecular formula is C8H22GeN2O3. The number of hydrogen-bond acceptors (Lipinski definition) is 4. The molecule has 3 N–H and O–H groups in total. The number of nitrogens with zero attached hydrogens (tertiary/aromatic N) is 1. The summed E-state index contributed by atoms with van der Waals surface area (Å²) >= 11 is 0.833. The van der Waals surface area contributed by atoms with E-state index in [0.29, 0.717) is 0 Å². The molecule has 86 valence electrons.